The lowest BCUT2D eigenvalue weighted by Crippen LogP contribution is -2.17. The lowest BCUT2D eigenvalue weighted by atomic mass is 10.2. The molecular weight excluding hydrogens is 238 g/mol. The SMILES string of the molecule is NC(=O)CCCCNc1nccnc1C(N)=S. The summed E-state index contributed by atoms with van der Waals surface area (Å²) in [7, 11) is 0. The molecule has 0 aromatic carbocycles. The first-order valence-corrected chi connectivity index (χ1v) is 5.65. The molecule has 0 fully saturated rings. The van der Waals surface area contributed by atoms with Crippen molar-refractivity contribution in [1.29, 1.82) is 0 Å². The quantitative estimate of drug-likeness (QED) is 0.472. The van der Waals surface area contributed by atoms with Gasteiger partial charge < -0.3 is 16.8 Å². The van der Waals surface area contributed by atoms with E-state index < -0.39 is 0 Å². The van der Waals surface area contributed by atoms with Gasteiger partial charge in [0.2, 0.25) is 5.91 Å². The maximum Gasteiger partial charge on any atom is 0.217 e. The third-order valence-electron chi connectivity index (χ3n) is 2.07. The first-order chi connectivity index (χ1) is 8.11. The van der Waals surface area contributed by atoms with Crippen molar-refractivity contribution >= 4 is 28.9 Å². The van der Waals surface area contributed by atoms with E-state index in [2.05, 4.69) is 15.3 Å². The van der Waals surface area contributed by atoms with E-state index in [0.717, 1.165) is 12.8 Å². The molecule has 1 rings (SSSR count). The Morgan fingerprint density at radius 1 is 1.29 bits per heavy atom. The van der Waals surface area contributed by atoms with Gasteiger partial charge in [-0.2, -0.15) is 0 Å². The van der Waals surface area contributed by atoms with Gasteiger partial charge in [0, 0.05) is 25.4 Å². The molecule has 0 aliphatic heterocycles. The van der Waals surface area contributed by atoms with Crippen LogP contribution in [0.15, 0.2) is 12.4 Å². The highest BCUT2D eigenvalue weighted by molar-refractivity contribution is 7.80. The highest BCUT2D eigenvalue weighted by Crippen LogP contribution is 2.08. The van der Waals surface area contributed by atoms with Gasteiger partial charge in [-0.3, -0.25) is 4.79 Å². The molecule has 1 heterocycles. The highest BCUT2D eigenvalue weighted by Gasteiger charge is 2.06. The van der Waals surface area contributed by atoms with Gasteiger partial charge in [0.1, 0.15) is 10.7 Å². The van der Waals surface area contributed by atoms with Crippen LogP contribution in [0.25, 0.3) is 0 Å². The molecule has 0 saturated carbocycles. The lowest BCUT2D eigenvalue weighted by molar-refractivity contribution is -0.118. The van der Waals surface area contributed by atoms with Gasteiger partial charge in [0.05, 0.1) is 0 Å². The standard InChI is InChI=1S/C10H15N5OS/c11-7(16)3-1-2-4-14-10-8(9(12)17)13-5-6-15-10/h5-6H,1-4H2,(H2,11,16)(H2,12,17)(H,14,15). The van der Waals surface area contributed by atoms with Crippen molar-refractivity contribution in [1.82, 2.24) is 9.97 Å². The molecule has 0 radical (unpaired) electrons. The van der Waals surface area contributed by atoms with Crippen molar-refractivity contribution in [2.45, 2.75) is 19.3 Å². The Morgan fingerprint density at radius 3 is 2.65 bits per heavy atom. The number of nitrogens with two attached hydrogens (primary N) is 2. The van der Waals surface area contributed by atoms with Crippen molar-refractivity contribution < 1.29 is 4.79 Å². The van der Waals surface area contributed by atoms with E-state index in [1.807, 2.05) is 0 Å². The van der Waals surface area contributed by atoms with Crippen LogP contribution < -0.4 is 16.8 Å². The molecule has 5 N–H and O–H groups in total. The zero-order valence-electron chi connectivity index (χ0n) is 9.35. The third kappa shape index (κ3) is 4.73. The van der Waals surface area contributed by atoms with E-state index >= 15 is 0 Å². The smallest absolute Gasteiger partial charge is 0.217 e. The van der Waals surface area contributed by atoms with Crippen molar-refractivity contribution in [3.05, 3.63) is 18.1 Å². The number of thiocarbonyl (C=S) groups is 1. The van der Waals surface area contributed by atoms with Gasteiger partial charge in [-0.25, -0.2) is 9.97 Å². The fraction of sp³-hybridized carbons (Fsp3) is 0.400. The minimum absolute atomic E-state index is 0.206. The van der Waals surface area contributed by atoms with Gasteiger partial charge >= 0.3 is 0 Å². The summed E-state index contributed by atoms with van der Waals surface area (Å²) in [5.41, 5.74) is 11.0. The molecule has 0 aliphatic rings. The number of hydrogen-bond donors (Lipinski definition) is 3. The summed E-state index contributed by atoms with van der Waals surface area (Å²) in [5, 5.41) is 3.08. The van der Waals surface area contributed by atoms with Crippen LogP contribution in [-0.2, 0) is 4.79 Å². The minimum Gasteiger partial charge on any atom is -0.388 e. The van der Waals surface area contributed by atoms with E-state index in [-0.39, 0.29) is 10.9 Å². The Bertz CT molecular complexity index is 409. The molecule has 0 bridgehead atoms. The van der Waals surface area contributed by atoms with Crippen molar-refractivity contribution in [2.75, 3.05) is 11.9 Å². The number of hydrogen-bond acceptors (Lipinski definition) is 5. The number of anilines is 1. The van der Waals surface area contributed by atoms with E-state index in [1.165, 1.54) is 6.20 Å². The second kappa shape index (κ2) is 6.74. The zero-order chi connectivity index (χ0) is 12.7. The Hall–Kier alpha value is -1.76. The number of nitrogens with zero attached hydrogens (tertiary/aromatic N) is 2. The van der Waals surface area contributed by atoms with Gasteiger partial charge in [0.15, 0.2) is 5.82 Å². The third-order valence-corrected chi connectivity index (χ3v) is 2.27. The largest absolute Gasteiger partial charge is 0.388 e. The Labute approximate surface area is 105 Å². The Kier molecular flexibility index (Phi) is 5.28. The number of nitrogens with one attached hydrogen (secondary N) is 1. The second-order valence-corrected chi connectivity index (χ2v) is 3.91. The molecule has 7 heteroatoms. The number of amides is 1. The lowest BCUT2D eigenvalue weighted by Gasteiger charge is -2.08. The molecule has 0 aliphatic carbocycles. The molecule has 1 aromatic rings. The van der Waals surface area contributed by atoms with Crippen LogP contribution >= 0.6 is 12.2 Å². The van der Waals surface area contributed by atoms with E-state index in [0.29, 0.717) is 24.5 Å². The maximum absolute atomic E-state index is 10.5. The van der Waals surface area contributed by atoms with E-state index in [9.17, 15) is 4.79 Å². The van der Waals surface area contributed by atoms with Gasteiger partial charge in [-0.15, -0.1) is 0 Å². The average Bonchev–Trinajstić information content (AvgIpc) is 2.28. The van der Waals surface area contributed by atoms with Crippen molar-refractivity contribution in [3.8, 4) is 0 Å². The van der Waals surface area contributed by atoms with Crippen LogP contribution in [-0.4, -0.2) is 27.4 Å². The summed E-state index contributed by atoms with van der Waals surface area (Å²) in [6, 6.07) is 0. The summed E-state index contributed by atoms with van der Waals surface area (Å²) < 4.78 is 0. The summed E-state index contributed by atoms with van der Waals surface area (Å²) >= 11 is 4.86. The topological polar surface area (TPSA) is 107 Å². The average molecular weight is 253 g/mol. The highest BCUT2D eigenvalue weighted by atomic mass is 32.1. The number of rotatable bonds is 7. The van der Waals surface area contributed by atoms with Crippen LogP contribution in [0, 0.1) is 0 Å². The summed E-state index contributed by atoms with van der Waals surface area (Å²) in [6.07, 6.45) is 5.05. The zero-order valence-corrected chi connectivity index (χ0v) is 10.2. The molecular formula is C10H15N5OS. The molecule has 6 nitrogen and oxygen atoms in total. The molecule has 0 unspecified atom stereocenters. The molecule has 17 heavy (non-hydrogen) atoms. The second-order valence-electron chi connectivity index (χ2n) is 3.47. The van der Waals surface area contributed by atoms with Crippen LogP contribution in [0.2, 0.25) is 0 Å². The number of primary amides is 1. The summed E-state index contributed by atoms with van der Waals surface area (Å²) in [5.74, 6) is 0.285. The van der Waals surface area contributed by atoms with E-state index in [1.54, 1.807) is 6.20 Å². The number of unbranched alkanes of at least 4 members (excludes halogenated alkanes) is 1. The normalized spacial score (nSPS) is 9.88. The predicted octanol–water partition coefficient (Wildman–Crippen LogP) is 0.178. The molecule has 0 spiro atoms. The summed E-state index contributed by atoms with van der Waals surface area (Å²) in [6.45, 7) is 0.668. The first-order valence-electron chi connectivity index (χ1n) is 5.24. The fourth-order valence-electron chi connectivity index (χ4n) is 1.28. The number of aromatic nitrogens is 2. The van der Waals surface area contributed by atoms with Crippen molar-refractivity contribution in [3.63, 3.8) is 0 Å². The molecule has 0 saturated heterocycles. The Morgan fingerprint density at radius 2 is 2.00 bits per heavy atom. The molecule has 1 amide bonds. The van der Waals surface area contributed by atoms with E-state index in [4.69, 9.17) is 23.7 Å². The number of carbonyl (C=O) groups excluding carboxylic acids is 1. The minimum atomic E-state index is -0.284. The maximum atomic E-state index is 10.5. The van der Waals surface area contributed by atoms with Crippen LogP contribution in [0.1, 0.15) is 25.0 Å². The van der Waals surface area contributed by atoms with Gasteiger partial charge in [0.25, 0.3) is 0 Å². The first kappa shape index (κ1) is 13.3. The molecule has 92 valence electrons. The van der Waals surface area contributed by atoms with Crippen LogP contribution in [0.5, 0.6) is 0 Å². The Balaban J connectivity index is 2.41. The molecule has 1 aromatic heterocycles. The predicted molar refractivity (Wildman–Crippen MR) is 69.5 cm³/mol. The number of carbonyl (C=O) groups is 1. The summed E-state index contributed by atoms with van der Waals surface area (Å²) in [4.78, 5) is 18.9. The monoisotopic (exact) mass is 253 g/mol. The van der Waals surface area contributed by atoms with Gasteiger partial charge in [-0.05, 0) is 12.8 Å². The van der Waals surface area contributed by atoms with Crippen molar-refractivity contribution in [2.24, 2.45) is 11.5 Å². The molecule has 0 atom stereocenters. The van der Waals surface area contributed by atoms with Crippen LogP contribution in [0.4, 0.5) is 5.82 Å². The van der Waals surface area contributed by atoms with Crippen LogP contribution in [0.3, 0.4) is 0 Å². The fourth-order valence-corrected chi connectivity index (χ4v) is 1.43. The van der Waals surface area contributed by atoms with Gasteiger partial charge in [-0.1, -0.05) is 12.2 Å².